The molecular weight excluding hydrogens is 253 g/mol. The first-order valence-corrected chi connectivity index (χ1v) is 6.37. The Morgan fingerprint density at radius 2 is 2.11 bits per heavy atom. The number of thioether (sulfide) groups is 1. The normalized spacial score (nSPS) is 10.6. The molecule has 0 aliphatic heterocycles. The van der Waals surface area contributed by atoms with Gasteiger partial charge in [-0.3, -0.25) is 9.48 Å². The van der Waals surface area contributed by atoms with E-state index >= 15 is 0 Å². The van der Waals surface area contributed by atoms with E-state index in [2.05, 4.69) is 10.3 Å². The predicted molar refractivity (Wildman–Crippen MR) is 66.8 cm³/mol. The van der Waals surface area contributed by atoms with Crippen LogP contribution in [0.15, 0.2) is 35.4 Å². The number of aromatic nitrogens is 3. The predicted octanol–water partition coefficient (Wildman–Crippen LogP) is 1.86. The van der Waals surface area contributed by atoms with Gasteiger partial charge < -0.3 is 0 Å². The second-order valence-electron chi connectivity index (χ2n) is 3.84. The van der Waals surface area contributed by atoms with Gasteiger partial charge in [0, 0.05) is 18.1 Å². The minimum absolute atomic E-state index is 0.0739. The van der Waals surface area contributed by atoms with Gasteiger partial charge in [-0.05, 0) is 24.3 Å². The molecule has 6 heteroatoms. The molecule has 0 atom stereocenters. The Bertz CT molecular complexity index is 539. The third kappa shape index (κ3) is 3.66. The van der Waals surface area contributed by atoms with Gasteiger partial charge in [0.2, 0.25) is 0 Å². The Morgan fingerprint density at radius 3 is 2.72 bits per heavy atom. The van der Waals surface area contributed by atoms with Crippen molar-refractivity contribution >= 4 is 17.5 Å². The average Bonchev–Trinajstić information content (AvgIpc) is 2.74. The zero-order valence-corrected chi connectivity index (χ0v) is 10.7. The lowest BCUT2D eigenvalue weighted by Gasteiger charge is -2.00. The summed E-state index contributed by atoms with van der Waals surface area (Å²) in [5.74, 6) is 0.150. The van der Waals surface area contributed by atoms with Crippen molar-refractivity contribution in [1.29, 1.82) is 0 Å². The molecule has 2 aromatic rings. The number of carbonyl (C=O) groups is 1. The summed E-state index contributed by atoms with van der Waals surface area (Å²) in [5.41, 5.74) is 0.669. The van der Waals surface area contributed by atoms with E-state index in [0.717, 1.165) is 4.90 Å². The Hall–Kier alpha value is -1.69. The van der Waals surface area contributed by atoms with Crippen molar-refractivity contribution in [2.75, 3.05) is 5.75 Å². The van der Waals surface area contributed by atoms with Crippen LogP contribution in [0.4, 0.5) is 4.39 Å². The molecule has 18 heavy (non-hydrogen) atoms. The zero-order chi connectivity index (χ0) is 13.0. The van der Waals surface area contributed by atoms with E-state index in [9.17, 15) is 9.18 Å². The lowest BCUT2D eigenvalue weighted by atomic mass is 10.2. The van der Waals surface area contributed by atoms with Crippen LogP contribution in [0.1, 0.15) is 5.69 Å². The molecule has 1 heterocycles. The fourth-order valence-corrected chi connectivity index (χ4v) is 2.18. The first kappa shape index (κ1) is 12.8. The van der Waals surface area contributed by atoms with Crippen LogP contribution in [0.25, 0.3) is 0 Å². The van der Waals surface area contributed by atoms with E-state index in [0.29, 0.717) is 11.4 Å². The molecule has 2 rings (SSSR count). The van der Waals surface area contributed by atoms with Gasteiger partial charge in [-0.15, -0.1) is 16.9 Å². The van der Waals surface area contributed by atoms with Gasteiger partial charge in [0.05, 0.1) is 17.9 Å². The van der Waals surface area contributed by atoms with Crippen LogP contribution in [-0.4, -0.2) is 26.5 Å². The molecule has 0 bridgehead atoms. The van der Waals surface area contributed by atoms with Gasteiger partial charge >= 0.3 is 0 Å². The molecule has 1 aromatic carbocycles. The molecule has 0 saturated carbocycles. The van der Waals surface area contributed by atoms with Crippen molar-refractivity contribution in [3.05, 3.63) is 42.0 Å². The number of halogens is 1. The summed E-state index contributed by atoms with van der Waals surface area (Å²) in [6, 6.07) is 6.09. The maximum atomic E-state index is 12.7. The summed E-state index contributed by atoms with van der Waals surface area (Å²) >= 11 is 1.39. The van der Waals surface area contributed by atoms with Gasteiger partial charge in [0.1, 0.15) is 11.6 Å². The van der Waals surface area contributed by atoms with Gasteiger partial charge in [-0.25, -0.2) is 4.39 Å². The van der Waals surface area contributed by atoms with Crippen LogP contribution in [0, 0.1) is 5.82 Å². The van der Waals surface area contributed by atoms with E-state index in [1.165, 1.54) is 23.9 Å². The monoisotopic (exact) mass is 265 g/mol. The highest BCUT2D eigenvalue weighted by Crippen LogP contribution is 2.18. The number of carbonyl (C=O) groups excluding carboxylic acids is 1. The molecule has 1 aromatic heterocycles. The fourth-order valence-electron chi connectivity index (χ4n) is 1.42. The third-order valence-electron chi connectivity index (χ3n) is 2.24. The summed E-state index contributed by atoms with van der Waals surface area (Å²) in [5, 5.41) is 7.62. The highest BCUT2D eigenvalue weighted by molar-refractivity contribution is 8.00. The zero-order valence-electron chi connectivity index (χ0n) is 9.84. The summed E-state index contributed by atoms with van der Waals surface area (Å²) in [7, 11) is 1.76. The third-order valence-corrected chi connectivity index (χ3v) is 3.31. The fraction of sp³-hybridized carbons (Fsp3) is 0.250. The number of aryl methyl sites for hydroxylation is 1. The van der Waals surface area contributed by atoms with Crippen molar-refractivity contribution in [3.63, 3.8) is 0 Å². The van der Waals surface area contributed by atoms with E-state index in [4.69, 9.17) is 0 Å². The van der Waals surface area contributed by atoms with Crippen molar-refractivity contribution in [2.24, 2.45) is 7.05 Å². The molecular formula is C12H12FN3OS. The second-order valence-corrected chi connectivity index (χ2v) is 4.89. The van der Waals surface area contributed by atoms with Crippen LogP contribution in [0.5, 0.6) is 0 Å². The number of rotatable bonds is 5. The van der Waals surface area contributed by atoms with Crippen molar-refractivity contribution < 1.29 is 9.18 Å². The molecule has 0 saturated heterocycles. The molecule has 0 N–H and O–H groups in total. The number of hydrogen-bond donors (Lipinski definition) is 0. The lowest BCUT2D eigenvalue weighted by Crippen LogP contribution is -2.05. The number of nitrogens with zero attached hydrogens (tertiary/aromatic N) is 3. The number of benzene rings is 1. The van der Waals surface area contributed by atoms with Crippen LogP contribution in [-0.2, 0) is 18.3 Å². The quantitative estimate of drug-likeness (QED) is 0.774. The maximum Gasteiger partial charge on any atom is 0.149 e. The summed E-state index contributed by atoms with van der Waals surface area (Å²) < 4.78 is 14.2. The van der Waals surface area contributed by atoms with Crippen molar-refractivity contribution in [2.45, 2.75) is 11.3 Å². The number of Topliss-reactive ketones (excluding diaryl/α,β-unsaturated/α-hetero) is 1. The standard InChI is InChI=1S/C12H12FN3OS/c1-16-7-10(14-15-16)6-11(17)8-18-12-4-2-9(13)3-5-12/h2-5,7H,6,8H2,1H3. The van der Waals surface area contributed by atoms with Gasteiger partial charge in [-0.1, -0.05) is 5.21 Å². The van der Waals surface area contributed by atoms with Crippen LogP contribution in [0.3, 0.4) is 0 Å². The first-order valence-electron chi connectivity index (χ1n) is 5.39. The number of hydrogen-bond acceptors (Lipinski definition) is 4. The first-order chi connectivity index (χ1) is 8.63. The molecule has 0 radical (unpaired) electrons. The Morgan fingerprint density at radius 1 is 1.39 bits per heavy atom. The summed E-state index contributed by atoms with van der Waals surface area (Å²) in [6.45, 7) is 0. The van der Waals surface area contributed by atoms with Gasteiger partial charge in [-0.2, -0.15) is 0 Å². The van der Waals surface area contributed by atoms with Crippen molar-refractivity contribution in [3.8, 4) is 0 Å². The molecule has 94 valence electrons. The molecule has 4 nitrogen and oxygen atoms in total. The summed E-state index contributed by atoms with van der Waals surface area (Å²) in [4.78, 5) is 12.6. The molecule has 0 aliphatic carbocycles. The average molecular weight is 265 g/mol. The Balaban J connectivity index is 1.83. The minimum atomic E-state index is -0.273. The van der Waals surface area contributed by atoms with Crippen LogP contribution >= 0.6 is 11.8 Å². The van der Waals surface area contributed by atoms with Crippen molar-refractivity contribution in [1.82, 2.24) is 15.0 Å². The Labute approximate surface area is 108 Å². The lowest BCUT2D eigenvalue weighted by molar-refractivity contribution is -0.116. The molecule has 0 spiro atoms. The van der Waals surface area contributed by atoms with Crippen LogP contribution < -0.4 is 0 Å². The molecule has 0 fully saturated rings. The summed E-state index contributed by atoms with van der Waals surface area (Å²) in [6.07, 6.45) is 2.00. The second kappa shape index (κ2) is 5.77. The largest absolute Gasteiger partial charge is 0.298 e. The van der Waals surface area contributed by atoms with E-state index in [1.807, 2.05) is 0 Å². The number of ketones is 1. The smallest absolute Gasteiger partial charge is 0.149 e. The highest BCUT2D eigenvalue weighted by atomic mass is 32.2. The van der Waals surface area contributed by atoms with Gasteiger partial charge in [0.15, 0.2) is 0 Å². The van der Waals surface area contributed by atoms with Gasteiger partial charge in [0.25, 0.3) is 0 Å². The topological polar surface area (TPSA) is 47.8 Å². The SMILES string of the molecule is Cn1cc(CC(=O)CSc2ccc(F)cc2)nn1. The van der Waals surface area contributed by atoms with Crippen LogP contribution in [0.2, 0.25) is 0 Å². The molecule has 0 aliphatic rings. The molecule has 0 amide bonds. The minimum Gasteiger partial charge on any atom is -0.298 e. The van der Waals surface area contributed by atoms with E-state index in [1.54, 1.807) is 30.1 Å². The maximum absolute atomic E-state index is 12.7. The van der Waals surface area contributed by atoms with E-state index < -0.39 is 0 Å². The Kier molecular flexibility index (Phi) is 4.09. The molecule has 0 unspecified atom stereocenters. The van der Waals surface area contributed by atoms with E-state index in [-0.39, 0.29) is 18.0 Å². The highest BCUT2D eigenvalue weighted by Gasteiger charge is 2.07.